The van der Waals surface area contributed by atoms with Crippen LogP contribution in [0, 0.1) is 12.7 Å². The molecule has 2 N–H and O–H groups in total. The van der Waals surface area contributed by atoms with Crippen molar-refractivity contribution in [3.05, 3.63) is 47.9 Å². The van der Waals surface area contributed by atoms with Crippen LogP contribution in [0.3, 0.4) is 0 Å². The van der Waals surface area contributed by atoms with Crippen molar-refractivity contribution in [3.8, 4) is 0 Å². The predicted octanol–water partition coefficient (Wildman–Crippen LogP) is 2.40. The number of carbonyl (C=O) groups excluding carboxylic acids is 1. The Labute approximate surface area is 136 Å². The number of hydrogen-bond acceptors (Lipinski definition) is 5. The van der Waals surface area contributed by atoms with E-state index in [1.165, 1.54) is 23.0 Å². The lowest BCUT2D eigenvalue weighted by molar-refractivity contribution is 0.102. The number of aromatic nitrogens is 4. The molecule has 8 heteroatoms. The maximum absolute atomic E-state index is 13.7. The van der Waals surface area contributed by atoms with Crippen LogP contribution >= 0.6 is 0 Å². The molecule has 0 aromatic carbocycles. The van der Waals surface area contributed by atoms with Crippen LogP contribution in [-0.4, -0.2) is 31.5 Å². The van der Waals surface area contributed by atoms with E-state index in [9.17, 15) is 9.18 Å². The number of rotatable bonds is 4. The van der Waals surface area contributed by atoms with Crippen molar-refractivity contribution in [1.29, 1.82) is 0 Å². The number of imidazole rings is 1. The molecule has 122 valence electrons. The van der Waals surface area contributed by atoms with Crippen molar-refractivity contribution in [2.75, 3.05) is 10.6 Å². The van der Waals surface area contributed by atoms with E-state index in [4.69, 9.17) is 0 Å². The maximum Gasteiger partial charge on any atom is 0.276 e. The van der Waals surface area contributed by atoms with Crippen LogP contribution in [-0.2, 0) is 0 Å². The van der Waals surface area contributed by atoms with E-state index >= 15 is 0 Å². The lowest BCUT2D eigenvalue weighted by Gasteiger charge is -2.09. The minimum atomic E-state index is -0.597. The van der Waals surface area contributed by atoms with Crippen LogP contribution in [0.25, 0.3) is 5.65 Å². The van der Waals surface area contributed by atoms with Gasteiger partial charge in [-0.2, -0.15) is 5.10 Å². The highest BCUT2D eigenvalue weighted by Gasteiger charge is 2.24. The molecule has 4 rings (SSSR count). The van der Waals surface area contributed by atoms with Gasteiger partial charge in [0.2, 0.25) is 0 Å². The monoisotopic (exact) mass is 326 g/mol. The first kappa shape index (κ1) is 14.6. The zero-order valence-corrected chi connectivity index (χ0v) is 13.0. The number of nitrogens with zero attached hydrogens (tertiary/aromatic N) is 4. The van der Waals surface area contributed by atoms with Crippen LogP contribution in [0.4, 0.5) is 15.8 Å². The number of hydrogen-bond donors (Lipinski definition) is 2. The number of anilines is 2. The summed E-state index contributed by atoms with van der Waals surface area (Å²) in [5.41, 5.74) is 2.48. The summed E-state index contributed by atoms with van der Waals surface area (Å²) in [6.07, 6.45) is 6.15. The number of amides is 1. The molecule has 0 unspecified atom stereocenters. The Kier molecular flexibility index (Phi) is 3.37. The molecule has 0 atom stereocenters. The summed E-state index contributed by atoms with van der Waals surface area (Å²) in [6, 6.07) is 3.76. The molecule has 1 aliphatic carbocycles. The van der Waals surface area contributed by atoms with E-state index < -0.39 is 11.7 Å². The van der Waals surface area contributed by atoms with E-state index in [0.717, 1.165) is 30.4 Å². The second kappa shape index (κ2) is 5.55. The fourth-order valence-electron chi connectivity index (χ4n) is 2.46. The molecular formula is C16H15FN6O. The van der Waals surface area contributed by atoms with Crippen molar-refractivity contribution >= 4 is 22.9 Å². The van der Waals surface area contributed by atoms with Gasteiger partial charge in [0, 0.05) is 12.2 Å². The molecule has 7 nitrogen and oxygen atoms in total. The standard InChI is InChI=1S/C16H15FN6O/c1-9-6-13(20-10-2-3-10)15-19-8-14(23(15)22-9)16(24)21-12-4-5-18-7-11(12)17/h4-8,10,20H,2-3H2,1H3,(H,18,21,24). The summed E-state index contributed by atoms with van der Waals surface area (Å²) in [4.78, 5) is 20.4. The molecule has 3 aromatic rings. The molecule has 1 aliphatic rings. The predicted molar refractivity (Wildman–Crippen MR) is 86.5 cm³/mol. The smallest absolute Gasteiger partial charge is 0.276 e. The summed E-state index contributed by atoms with van der Waals surface area (Å²) < 4.78 is 15.1. The second-order valence-corrected chi connectivity index (χ2v) is 5.81. The van der Waals surface area contributed by atoms with Crippen LogP contribution in [0.5, 0.6) is 0 Å². The van der Waals surface area contributed by atoms with E-state index in [-0.39, 0.29) is 11.4 Å². The van der Waals surface area contributed by atoms with Crippen molar-refractivity contribution in [1.82, 2.24) is 19.6 Å². The second-order valence-electron chi connectivity index (χ2n) is 5.81. The number of nitrogens with one attached hydrogen (secondary N) is 2. The molecule has 24 heavy (non-hydrogen) atoms. The quantitative estimate of drug-likeness (QED) is 0.769. The lowest BCUT2D eigenvalue weighted by atomic mass is 10.3. The van der Waals surface area contributed by atoms with Crippen LogP contribution in [0.15, 0.2) is 30.7 Å². The third-order valence-corrected chi connectivity index (χ3v) is 3.78. The van der Waals surface area contributed by atoms with E-state index in [2.05, 4.69) is 25.7 Å². The van der Waals surface area contributed by atoms with Gasteiger partial charge in [0.05, 0.1) is 29.5 Å². The topological polar surface area (TPSA) is 84.2 Å². The number of aryl methyl sites for hydroxylation is 1. The minimum absolute atomic E-state index is 0.0638. The highest BCUT2D eigenvalue weighted by atomic mass is 19.1. The lowest BCUT2D eigenvalue weighted by Crippen LogP contribution is -2.17. The third-order valence-electron chi connectivity index (χ3n) is 3.78. The molecule has 1 saturated carbocycles. The largest absolute Gasteiger partial charge is 0.379 e. The van der Waals surface area contributed by atoms with Gasteiger partial charge in [0.15, 0.2) is 17.2 Å². The molecule has 0 bridgehead atoms. The highest BCUT2D eigenvalue weighted by Crippen LogP contribution is 2.27. The van der Waals surface area contributed by atoms with Gasteiger partial charge in [-0.05, 0) is 31.9 Å². The Morgan fingerprint density at radius 3 is 2.92 bits per heavy atom. The van der Waals surface area contributed by atoms with E-state index in [0.29, 0.717) is 11.7 Å². The van der Waals surface area contributed by atoms with Crippen LogP contribution < -0.4 is 10.6 Å². The van der Waals surface area contributed by atoms with Gasteiger partial charge in [0.25, 0.3) is 5.91 Å². The first-order valence-corrected chi connectivity index (χ1v) is 7.64. The van der Waals surface area contributed by atoms with E-state index in [1.807, 2.05) is 13.0 Å². The average molecular weight is 326 g/mol. The highest BCUT2D eigenvalue weighted by molar-refractivity contribution is 6.03. The fraction of sp³-hybridized carbons (Fsp3) is 0.250. The van der Waals surface area contributed by atoms with Gasteiger partial charge in [-0.15, -0.1) is 0 Å². The number of fused-ring (bicyclic) bond motifs is 1. The first-order valence-electron chi connectivity index (χ1n) is 7.64. The molecule has 0 spiro atoms. The zero-order chi connectivity index (χ0) is 16.7. The van der Waals surface area contributed by atoms with E-state index in [1.54, 1.807) is 0 Å². The van der Waals surface area contributed by atoms with Crippen molar-refractivity contribution < 1.29 is 9.18 Å². The Hall–Kier alpha value is -3.03. The normalized spacial score (nSPS) is 13.9. The zero-order valence-electron chi connectivity index (χ0n) is 13.0. The van der Waals surface area contributed by atoms with Gasteiger partial charge in [0.1, 0.15) is 0 Å². The summed E-state index contributed by atoms with van der Waals surface area (Å²) in [7, 11) is 0. The molecule has 3 aromatic heterocycles. The number of pyridine rings is 1. The maximum atomic E-state index is 13.7. The summed E-state index contributed by atoms with van der Waals surface area (Å²) in [5.74, 6) is -1.08. The van der Waals surface area contributed by atoms with Gasteiger partial charge in [-0.25, -0.2) is 13.9 Å². The Morgan fingerprint density at radius 1 is 1.33 bits per heavy atom. The molecule has 0 saturated heterocycles. The molecule has 3 heterocycles. The molecule has 1 amide bonds. The first-order chi connectivity index (χ1) is 11.6. The molecule has 1 fully saturated rings. The summed E-state index contributed by atoms with van der Waals surface area (Å²) >= 11 is 0. The third kappa shape index (κ3) is 2.66. The Bertz CT molecular complexity index is 933. The Morgan fingerprint density at radius 2 is 2.17 bits per heavy atom. The van der Waals surface area contributed by atoms with Crippen LogP contribution in [0.1, 0.15) is 29.0 Å². The van der Waals surface area contributed by atoms with Crippen molar-refractivity contribution in [2.45, 2.75) is 25.8 Å². The van der Waals surface area contributed by atoms with Gasteiger partial charge in [-0.1, -0.05) is 0 Å². The number of halogens is 1. The fourth-order valence-corrected chi connectivity index (χ4v) is 2.46. The minimum Gasteiger partial charge on any atom is -0.379 e. The molecule has 0 aliphatic heterocycles. The molecular weight excluding hydrogens is 311 g/mol. The van der Waals surface area contributed by atoms with Crippen molar-refractivity contribution in [3.63, 3.8) is 0 Å². The SMILES string of the molecule is Cc1cc(NC2CC2)c2ncc(C(=O)Nc3ccncc3F)n2n1. The molecule has 0 radical (unpaired) electrons. The van der Waals surface area contributed by atoms with Crippen LogP contribution in [0.2, 0.25) is 0 Å². The summed E-state index contributed by atoms with van der Waals surface area (Å²) in [5, 5.41) is 10.3. The average Bonchev–Trinajstić information content (AvgIpc) is 3.26. The van der Waals surface area contributed by atoms with Gasteiger partial charge >= 0.3 is 0 Å². The van der Waals surface area contributed by atoms with Crippen molar-refractivity contribution in [2.24, 2.45) is 0 Å². The van der Waals surface area contributed by atoms with Gasteiger partial charge in [-0.3, -0.25) is 9.78 Å². The van der Waals surface area contributed by atoms with Gasteiger partial charge < -0.3 is 10.6 Å². The Balaban J connectivity index is 1.70. The number of carbonyl (C=O) groups is 1. The summed E-state index contributed by atoms with van der Waals surface area (Å²) in [6.45, 7) is 1.85.